The van der Waals surface area contributed by atoms with Crippen molar-refractivity contribution in [3.63, 3.8) is 0 Å². The van der Waals surface area contributed by atoms with Crippen LogP contribution in [0.15, 0.2) is 53.4 Å². The standard InChI is InChI=1S/C21H20N2O5S/c1-28-15-10-8-14(9-11-15)13-18-20(26)23(21(27)29-18)12-4-7-19(25)22-16-5-2-3-6-17(16)24/h2-3,5-6,8-11,13,24H,4,7,12H2,1H3,(H,22,25). The molecule has 3 amide bonds. The molecule has 0 atom stereocenters. The first-order chi connectivity index (χ1) is 14.0. The van der Waals surface area contributed by atoms with E-state index in [2.05, 4.69) is 5.32 Å². The zero-order valence-electron chi connectivity index (χ0n) is 15.8. The summed E-state index contributed by atoms with van der Waals surface area (Å²) in [4.78, 5) is 38.2. The molecule has 0 radical (unpaired) electrons. The lowest BCUT2D eigenvalue weighted by Gasteiger charge is -2.12. The maximum Gasteiger partial charge on any atom is 0.293 e. The van der Waals surface area contributed by atoms with Crippen molar-refractivity contribution < 1.29 is 24.2 Å². The predicted octanol–water partition coefficient (Wildman–Crippen LogP) is 3.86. The van der Waals surface area contributed by atoms with Gasteiger partial charge in [-0.1, -0.05) is 24.3 Å². The van der Waals surface area contributed by atoms with Crippen LogP contribution in [0.4, 0.5) is 10.5 Å². The van der Waals surface area contributed by atoms with Crippen LogP contribution < -0.4 is 10.1 Å². The molecular weight excluding hydrogens is 392 g/mol. The van der Waals surface area contributed by atoms with Gasteiger partial charge in [0, 0.05) is 13.0 Å². The summed E-state index contributed by atoms with van der Waals surface area (Å²) in [5.74, 6) is 0.0250. The first kappa shape index (κ1) is 20.5. The summed E-state index contributed by atoms with van der Waals surface area (Å²) in [6.45, 7) is 0.152. The SMILES string of the molecule is COc1ccc(C=C2SC(=O)N(CCCC(=O)Nc3ccccc3O)C2=O)cc1. The Morgan fingerprint density at radius 2 is 1.90 bits per heavy atom. The van der Waals surface area contributed by atoms with Gasteiger partial charge < -0.3 is 15.2 Å². The number of hydrogen-bond donors (Lipinski definition) is 2. The number of nitrogens with zero attached hydrogens (tertiary/aromatic N) is 1. The number of benzene rings is 2. The molecule has 0 bridgehead atoms. The number of amides is 3. The second-order valence-corrected chi connectivity index (χ2v) is 7.27. The molecule has 2 aromatic rings. The van der Waals surface area contributed by atoms with Crippen molar-refractivity contribution >= 4 is 40.6 Å². The fraction of sp³-hybridized carbons (Fsp3) is 0.190. The van der Waals surface area contributed by atoms with Gasteiger partial charge in [-0.05, 0) is 54.1 Å². The number of rotatable bonds is 7. The number of nitrogens with one attached hydrogen (secondary N) is 1. The smallest absolute Gasteiger partial charge is 0.293 e. The lowest BCUT2D eigenvalue weighted by atomic mass is 10.2. The largest absolute Gasteiger partial charge is 0.506 e. The summed E-state index contributed by atoms with van der Waals surface area (Å²) < 4.78 is 5.10. The maximum atomic E-state index is 12.5. The van der Waals surface area contributed by atoms with Crippen LogP contribution in [0.5, 0.6) is 11.5 Å². The minimum absolute atomic E-state index is 0.0181. The number of imide groups is 1. The van der Waals surface area contributed by atoms with Gasteiger partial charge in [0.15, 0.2) is 0 Å². The van der Waals surface area contributed by atoms with Crippen LogP contribution in [0.3, 0.4) is 0 Å². The Hall–Kier alpha value is -3.26. The van der Waals surface area contributed by atoms with Crippen LogP contribution in [0.2, 0.25) is 0 Å². The molecule has 3 rings (SSSR count). The van der Waals surface area contributed by atoms with Crippen molar-refractivity contribution in [1.29, 1.82) is 0 Å². The Kier molecular flexibility index (Phi) is 6.56. The van der Waals surface area contributed by atoms with E-state index in [0.717, 1.165) is 22.2 Å². The molecule has 1 saturated heterocycles. The van der Waals surface area contributed by atoms with Crippen molar-refractivity contribution in [2.24, 2.45) is 0 Å². The average molecular weight is 412 g/mol. The quantitative estimate of drug-likeness (QED) is 0.530. The molecule has 0 saturated carbocycles. The topological polar surface area (TPSA) is 95.9 Å². The van der Waals surface area contributed by atoms with E-state index in [0.29, 0.717) is 22.8 Å². The highest BCUT2D eigenvalue weighted by Crippen LogP contribution is 2.32. The van der Waals surface area contributed by atoms with Gasteiger partial charge in [-0.15, -0.1) is 0 Å². The second kappa shape index (κ2) is 9.29. The van der Waals surface area contributed by atoms with E-state index < -0.39 is 0 Å². The number of carbonyl (C=O) groups excluding carboxylic acids is 3. The Bertz CT molecular complexity index is 956. The van der Waals surface area contributed by atoms with Gasteiger partial charge in [0.05, 0.1) is 17.7 Å². The van der Waals surface area contributed by atoms with Gasteiger partial charge in [0.25, 0.3) is 11.1 Å². The third kappa shape index (κ3) is 5.17. The first-order valence-corrected chi connectivity index (χ1v) is 9.77. The molecule has 29 heavy (non-hydrogen) atoms. The third-order valence-corrected chi connectivity index (χ3v) is 5.16. The lowest BCUT2D eigenvalue weighted by molar-refractivity contribution is -0.123. The van der Waals surface area contributed by atoms with Crippen molar-refractivity contribution in [2.45, 2.75) is 12.8 Å². The summed E-state index contributed by atoms with van der Waals surface area (Å²) in [6.07, 6.45) is 2.11. The normalized spacial score (nSPS) is 15.1. The molecule has 1 aliphatic heterocycles. The number of hydrogen-bond acceptors (Lipinski definition) is 6. The number of anilines is 1. The fourth-order valence-corrected chi connectivity index (χ4v) is 3.60. The molecule has 0 aliphatic carbocycles. The molecule has 150 valence electrons. The predicted molar refractivity (Wildman–Crippen MR) is 112 cm³/mol. The number of aromatic hydroxyl groups is 1. The van der Waals surface area contributed by atoms with Crippen molar-refractivity contribution in [2.75, 3.05) is 19.0 Å². The van der Waals surface area contributed by atoms with E-state index >= 15 is 0 Å². The average Bonchev–Trinajstić information content (AvgIpc) is 2.97. The molecule has 0 unspecified atom stereocenters. The van der Waals surface area contributed by atoms with E-state index in [-0.39, 0.29) is 35.8 Å². The minimum Gasteiger partial charge on any atom is -0.506 e. The van der Waals surface area contributed by atoms with Gasteiger partial charge in [0.1, 0.15) is 11.5 Å². The zero-order chi connectivity index (χ0) is 20.8. The highest BCUT2D eigenvalue weighted by Gasteiger charge is 2.34. The molecule has 0 spiro atoms. The molecule has 1 aliphatic rings. The monoisotopic (exact) mass is 412 g/mol. The maximum absolute atomic E-state index is 12.5. The Labute approximate surface area is 172 Å². The van der Waals surface area contributed by atoms with E-state index in [1.807, 2.05) is 0 Å². The van der Waals surface area contributed by atoms with Crippen LogP contribution in [0.1, 0.15) is 18.4 Å². The van der Waals surface area contributed by atoms with E-state index in [1.54, 1.807) is 55.7 Å². The van der Waals surface area contributed by atoms with Crippen LogP contribution in [-0.2, 0) is 9.59 Å². The van der Waals surface area contributed by atoms with Crippen molar-refractivity contribution in [3.8, 4) is 11.5 Å². The summed E-state index contributed by atoms with van der Waals surface area (Å²) in [6, 6.07) is 13.6. The lowest BCUT2D eigenvalue weighted by Crippen LogP contribution is -2.29. The number of para-hydroxylation sites is 2. The van der Waals surface area contributed by atoms with Gasteiger partial charge in [0.2, 0.25) is 5.91 Å². The van der Waals surface area contributed by atoms with E-state index in [4.69, 9.17) is 4.74 Å². The van der Waals surface area contributed by atoms with Crippen LogP contribution >= 0.6 is 11.8 Å². The molecule has 1 heterocycles. The van der Waals surface area contributed by atoms with E-state index in [9.17, 15) is 19.5 Å². The summed E-state index contributed by atoms with van der Waals surface area (Å²) in [5, 5.41) is 11.9. The van der Waals surface area contributed by atoms with Crippen LogP contribution in [0, 0.1) is 0 Å². The van der Waals surface area contributed by atoms with E-state index in [1.165, 1.54) is 6.07 Å². The molecule has 8 heteroatoms. The number of carbonyl (C=O) groups is 3. The van der Waals surface area contributed by atoms with Gasteiger partial charge in [-0.2, -0.15) is 0 Å². The third-order valence-electron chi connectivity index (χ3n) is 4.25. The van der Waals surface area contributed by atoms with Gasteiger partial charge in [-0.3, -0.25) is 19.3 Å². The molecule has 2 aromatic carbocycles. The van der Waals surface area contributed by atoms with Crippen molar-refractivity contribution in [3.05, 3.63) is 59.0 Å². The number of phenolic OH excluding ortho intramolecular Hbond substituents is 1. The van der Waals surface area contributed by atoms with Crippen molar-refractivity contribution in [1.82, 2.24) is 4.90 Å². The summed E-state index contributed by atoms with van der Waals surface area (Å²) in [7, 11) is 1.57. The number of phenols is 1. The number of methoxy groups -OCH3 is 1. The molecule has 1 fully saturated rings. The number of thioether (sulfide) groups is 1. The summed E-state index contributed by atoms with van der Waals surface area (Å²) >= 11 is 0.884. The fourth-order valence-electron chi connectivity index (χ4n) is 2.73. The van der Waals surface area contributed by atoms with Gasteiger partial charge >= 0.3 is 0 Å². The Morgan fingerprint density at radius 1 is 1.17 bits per heavy atom. The minimum atomic E-state index is -0.364. The Morgan fingerprint density at radius 3 is 2.59 bits per heavy atom. The molecule has 7 nitrogen and oxygen atoms in total. The number of ether oxygens (including phenoxy) is 1. The summed E-state index contributed by atoms with van der Waals surface area (Å²) in [5.41, 5.74) is 1.12. The Balaban J connectivity index is 1.54. The highest BCUT2D eigenvalue weighted by molar-refractivity contribution is 8.18. The van der Waals surface area contributed by atoms with Gasteiger partial charge in [-0.25, -0.2) is 0 Å². The highest BCUT2D eigenvalue weighted by atomic mass is 32.2. The molecule has 0 aromatic heterocycles. The molecular formula is C21H20N2O5S. The molecule has 2 N–H and O–H groups in total. The zero-order valence-corrected chi connectivity index (χ0v) is 16.6. The second-order valence-electron chi connectivity index (χ2n) is 6.28. The van der Waals surface area contributed by atoms with Crippen LogP contribution in [0.25, 0.3) is 6.08 Å². The van der Waals surface area contributed by atoms with Crippen LogP contribution in [-0.4, -0.2) is 40.7 Å². The first-order valence-electron chi connectivity index (χ1n) is 8.95.